The number of nitrogens with one attached hydrogen (secondary N) is 1. The average molecular weight is 335 g/mol. The number of carbonyl (C=O) groups excluding carboxylic acids is 1. The van der Waals surface area contributed by atoms with Crippen molar-refractivity contribution in [1.82, 2.24) is 20.3 Å². The fourth-order valence-electron chi connectivity index (χ4n) is 2.72. The predicted molar refractivity (Wildman–Crippen MR) is 82.6 cm³/mol. The fourth-order valence-corrected chi connectivity index (χ4v) is 2.94. The van der Waals surface area contributed by atoms with Crippen molar-refractivity contribution in [2.24, 2.45) is 5.92 Å². The summed E-state index contributed by atoms with van der Waals surface area (Å²) in [5.74, 6) is -1.56. The quantitative estimate of drug-likeness (QED) is 0.890. The van der Waals surface area contributed by atoms with Crippen LogP contribution in [0.5, 0.6) is 0 Å². The van der Waals surface area contributed by atoms with Gasteiger partial charge in [0.05, 0.1) is 22.8 Å². The van der Waals surface area contributed by atoms with Crippen LogP contribution in [0, 0.1) is 5.92 Å². The first-order chi connectivity index (χ1) is 11.0. The summed E-state index contributed by atoms with van der Waals surface area (Å²) in [7, 11) is 0. The molecule has 1 aliphatic rings. The lowest BCUT2D eigenvalue weighted by atomic mass is 10.1. The van der Waals surface area contributed by atoms with Gasteiger partial charge in [0, 0.05) is 6.04 Å². The van der Waals surface area contributed by atoms with E-state index in [2.05, 4.69) is 15.6 Å². The molecule has 7 nitrogen and oxygen atoms in total. The number of rotatable bonds is 4. The average Bonchev–Trinajstić information content (AvgIpc) is 3.16. The van der Waals surface area contributed by atoms with E-state index in [1.54, 1.807) is 18.2 Å². The standard InChI is InChI=1S/C15H15ClN4O3/c16-11-3-1-2-4-13(11)20-8-12(18-19-20)14(21)17-10-6-5-9(7-10)15(22)23/h1-4,8-10H,5-7H2,(H,17,21)(H,22,23)/t9-,10+/m0/s1. The molecule has 120 valence electrons. The zero-order chi connectivity index (χ0) is 16.4. The van der Waals surface area contributed by atoms with E-state index < -0.39 is 5.97 Å². The van der Waals surface area contributed by atoms with Crippen molar-refractivity contribution < 1.29 is 14.7 Å². The number of benzene rings is 1. The first-order valence-corrected chi connectivity index (χ1v) is 7.63. The normalized spacial score (nSPS) is 20.4. The number of carboxylic acids is 1. The Hall–Kier alpha value is -2.41. The highest BCUT2D eigenvalue weighted by atomic mass is 35.5. The van der Waals surface area contributed by atoms with Crippen LogP contribution in [0.25, 0.3) is 5.69 Å². The van der Waals surface area contributed by atoms with Gasteiger partial charge in [-0.2, -0.15) is 0 Å². The SMILES string of the molecule is O=C(N[C@@H]1CC[C@H](C(=O)O)C1)c1cn(-c2ccccc2Cl)nn1. The van der Waals surface area contributed by atoms with Crippen molar-refractivity contribution in [2.75, 3.05) is 0 Å². The van der Waals surface area contributed by atoms with Gasteiger partial charge in [0.25, 0.3) is 5.91 Å². The number of aromatic nitrogens is 3. The minimum Gasteiger partial charge on any atom is -0.481 e. The van der Waals surface area contributed by atoms with Crippen LogP contribution in [0.15, 0.2) is 30.5 Å². The molecule has 0 saturated heterocycles. The van der Waals surface area contributed by atoms with Crippen molar-refractivity contribution in [3.05, 3.63) is 41.2 Å². The predicted octanol–water partition coefficient (Wildman–Crippen LogP) is 1.90. The first kappa shape index (κ1) is 15.5. The molecule has 23 heavy (non-hydrogen) atoms. The third-order valence-electron chi connectivity index (χ3n) is 3.94. The van der Waals surface area contributed by atoms with Crippen LogP contribution < -0.4 is 5.32 Å². The lowest BCUT2D eigenvalue weighted by Gasteiger charge is -2.10. The second-order valence-corrected chi connectivity index (χ2v) is 5.93. The van der Waals surface area contributed by atoms with Crippen LogP contribution in [0.2, 0.25) is 5.02 Å². The smallest absolute Gasteiger partial charge is 0.306 e. The topological polar surface area (TPSA) is 97.1 Å². The molecule has 2 N–H and O–H groups in total. The minimum absolute atomic E-state index is 0.144. The molecule has 0 unspecified atom stereocenters. The molecule has 8 heteroatoms. The van der Waals surface area contributed by atoms with E-state index in [0.717, 1.165) is 0 Å². The van der Waals surface area contributed by atoms with E-state index >= 15 is 0 Å². The largest absolute Gasteiger partial charge is 0.481 e. The molecular formula is C15H15ClN4O3. The van der Waals surface area contributed by atoms with Gasteiger partial charge >= 0.3 is 5.97 Å². The van der Waals surface area contributed by atoms with Crippen LogP contribution in [-0.2, 0) is 4.79 Å². The molecule has 3 rings (SSSR count). The molecular weight excluding hydrogens is 320 g/mol. The van der Waals surface area contributed by atoms with E-state index in [0.29, 0.717) is 30.0 Å². The van der Waals surface area contributed by atoms with E-state index in [-0.39, 0.29) is 23.6 Å². The Bertz CT molecular complexity index is 746. The van der Waals surface area contributed by atoms with Crippen LogP contribution >= 0.6 is 11.6 Å². The first-order valence-electron chi connectivity index (χ1n) is 7.25. The summed E-state index contributed by atoms with van der Waals surface area (Å²) in [4.78, 5) is 23.1. The Morgan fingerprint density at radius 1 is 1.30 bits per heavy atom. The molecule has 0 bridgehead atoms. The summed E-state index contributed by atoms with van der Waals surface area (Å²) in [5, 5.41) is 20.1. The highest BCUT2D eigenvalue weighted by molar-refractivity contribution is 6.32. The van der Waals surface area contributed by atoms with Gasteiger partial charge in [0.1, 0.15) is 0 Å². The highest BCUT2D eigenvalue weighted by Gasteiger charge is 2.31. The number of carbonyl (C=O) groups is 2. The van der Waals surface area contributed by atoms with Crippen molar-refractivity contribution >= 4 is 23.5 Å². The Morgan fingerprint density at radius 2 is 2.09 bits per heavy atom. The zero-order valence-electron chi connectivity index (χ0n) is 12.1. The number of nitrogens with zero attached hydrogens (tertiary/aromatic N) is 3. The maximum Gasteiger partial charge on any atom is 0.306 e. The number of amides is 1. The third kappa shape index (κ3) is 3.34. The van der Waals surface area contributed by atoms with Gasteiger partial charge < -0.3 is 10.4 Å². The molecule has 1 aromatic carbocycles. The molecule has 1 aliphatic carbocycles. The molecule has 0 aliphatic heterocycles. The number of aliphatic carboxylic acids is 1. The number of hydrogen-bond acceptors (Lipinski definition) is 4. The summed E-state index contributed by atoms with van der Waals surface area (Å²) < 4.78 is 1.44. The van der Waals surface area contributed by atoms with E-state index in [9.17, 15) is 9.59 Å². The molecule has 1 heterocycles. The van der Waals surface area contributed by atoms with Crippen molar-refractivity contribution in [1.29, 1.82) is 0 Å². The Balaban J connectivity index is 1.68. The number of carboxylic acid groups (broad SMARTS) is 1. The number of para-hydroxylation sites is 1. The molecule has 0 radical (unpaired) electrons. The summed E-state index contributed by atoms with van der Waals surface area (Å²) in [5.41, 5.74) is 0.802. The lowest BCUT2D eigenvalue weighted by Crippen LogP contribution is -2.33. The fraction of sp³-hybridized carbons (Fsp3) is 0.333. The van der Waals surface area contributed by atoms with Crippen molar-refractivity contribution in [3.63, 3.8) is 0 Å². The zero-order valence-corrected chi connectivity index (χ0v) is 12.9. The van der Waals surface area contributed by atoms with Crippen LogP contribution in [0.1, 0.15) is 29.8 Å². The van der Waals surface area contributed by atoms with Gasteiger partial charge in [-0.3, -0.25) is 9.59 Å². The Labute approximate surface area is 137 Å². The number of hydrogen-bond donors (Lipinski definition) is 2. The van der Waals surface area contributed by atoms with Gasteiger partial charge in [-0.1, -0.05) is 28.9 Å². The monoisotopic (exact) mass is 334 g/mol. The second kappa shape index (κ2) is 6.37. The van der Waals surface area contributed by atoms with Gasteiger partial charge in [-0.25, -0.2) is 4.68 Å². The molecule has 2 atom stereocenters. The summed E-state index contributed by atoms with van der Waals surface area (Å²) in [6.45, 7) is 0. The highest BCUT2D eigenvalue weighted by Crippen LogP contribution is 2.26. The minimum atomic E-state index is -0.814. The van der Waals surface area contributed by atoms with Crippen LogP contribution in [0.3, 0.4) is 0 Å². The Kier molecular flexibility index (Phi) is 4.29. The Morgan fingerprint density at radius 3 is 2.78 bits per heavy atom. The number of halogens is 1. The third-order valence-corrected chi connectivity index (χ3v) is 4.26. The van der Waals surface area contributed by atoms with E-state index in [4.69, 9.17) is 16.7 Å². The maximum absolute atomic E-state index is 12.2. The molecule has 1 fully saturated rings. The molecule has 1 aromatic heterocycles. The van der Waals surface area contributed by atoms with Crippen LogP contribution in [0.4, 0.5) is 0 Å². The molecule has 2 aromatic rings. The van der Waals surface area contributed by atoms with Crippen LogP contribution in [-0.4, -0.2) is 38.0 Å². The lowest BCUT2D eigenvalue weighted by molar-refractivity contribution is -0.141. The summed E-state index contributed by atoms with van der Waals surface area (Å²) >= 11 is 6.09. The molecule has 0 spiro atoms. The van der Waals surface area contributed by atoms with Gasteiger partial charge in [-0.15, -0.1) is 5.10 Å². The molecule has 1 amide bonds. The van der Waals surface area contributed by atoms with Gasteiger partial charge in [0.15, 0.2) is 5.69 Å². The maximum atomic E-state index is 12.2. The second-order valence-electron chi connectivity index (χ2n) is 5.52. The van der Waals surface area contributed by atoms with Gasteiger partial charge in [0.2, 0.25) is 0 Å². The summed E-state index contributed by atoms with van der Waals surface area (Å²) in [6, 6.07) is 6.97. The van der Waals surface area contributed by atoms with E-state index in [1.807, 2.05) is 6.07 Å². The van der Waals surface area contributed by atoms with E-state index in [1.165, 1.54) is 10.9 Å². The summed E-state index contributed by atoms with van der Waals surface area (Å²) in [6.07, 6.45) is 3.17. The van der Waals surface area contributed by atoms with Gasteiger partial charge in [-0.05, 0) is 31.4 Å². The van der Waals surface area contributed by atoms with Crippen molar-refractivity contribution in [2.45, 2.75) is 25.3 Å². The molecule has 1 saturated carbocycles. The van der Waals surface area contributed by atoms with Crippen molar-refractivity contribution in [3.8, 4) is 5.69 Å².